The molecular weight excluding hydrogens is 759 g/mol. The summed E-state index contributed by atoms with van der Waals surface area (Å²) in [5, 5.41) is 24.5. The van der Waals surface area contributed by atoms with Crippen LogP contribution < -0.4 is 5.32 Å². The van der Waals surface area contributed by atoms with E-state index >= 15 is 0 Å². The molecule has 13 heteroatoms. The molecule has 4 aromatic carbocycles. The predicted octanol–water partition coefficient (Wildman–Crippen LogP) is 7.44. The van der Waals surface area contributed by atoms with Crippen LogP contribution in [0.3, 0.4) is 0 Å². The summed E-state index contributed by atoms with van der Waals surface area (Å²) in [6.45, 7) is 4.04. The van der Waals surface area contributed by atoms with Crippen LogP contribution in [0, 0.1) is 5.92 Å². The van der Waals surface area contributed by atoms with E-state index in [0.717, 1.165) is 38.9 Å². The van der Waals surface area contributed by atoms with Gasteiger partial charge in [0.05, 0.1) is 24.4 Å². The molecule has 4 aromatic rings. The van der Waals surface area contributed by atoms with Crippen LogP contribution in [0.15, 0.2) is 97.1 Å². The van der Waals surface area contributed by atoms with E-state index in [-0.39, 0.29) is 44.2 Å². The average molecular weight is 806 g/mol. The Balaban J connectivity index is 1.06. The van der Waals surface area contributed by atoms with E-state index < -0.39 is 35.9 Å². The Hall–Kier alpha value is -4.30. The lowest BCUT2D eigenvalue weighted by atomic mass is 9.84. The third-order valence-corrected chi connectivity index (χ3v) is 11.8. The van der Waals surface area contributed by atoms with Gasteiger partial charge in [0.25, 0.3) is 0 Å². The number of alkyl halides is 3. The molecule has 7 rings (SSSR count). The second kappa shape index (κ2) is 17.3. The number of carbonyl (C=O) groups excluding carboxylic acids is 2. The van der Waals surface area contributed by atoms with Crippen molar-refractivity contribution in [3.8, 4) is 11.1 Å². The van der Waals surface area contributed by atoms with Crippen molar-refractivity contribution in [2.24, 2.45) is 5.92 Å². The van der Waals surface area contributed by atoms with Gasteiger partial charge in [-0.25, -0.2) is 0 Å². The largest absolute Gasteiger partial charge is 0.471 e. The van der Waals surface area contributed by atoms with E-state index in [2.05, 4.69) is 17.1 Å². The fraction of sp³-hybridized carbons (Fsp3) is 0.409. The van der Waals surface area contributed by atoms with Gasteiger partial charge in [-0.2, -0.15) is 13.2 Å². The van der Waals surface area contributed by atoms with E-state index in [4.69, 9.17) is 21.1 Å². The Kier molecular flexibility index (Phi) is 12.4. The first-order chi connectivity index (χ1) is 27.3. The molecule has 2 amide bonds. The summed E-state index contributed by atoms with van der Waals surface area (Å²) in [5.74, 6) is -2.64. The zero-order chi connectivity index (χ0) is 40.3. The number of carbonyl (C=O) groups is 2. The molecule has 5 unspecified atom stereocenters. The highest BCUT2D eigenvalue weighted by atomic mass is 35.5. The van der Waals surface area contributed by atoms with Gasteiger partial charge in [0, 0.05) is 49.2 Å². The molecule has 0 aliphatic carbocycles. The monoisotopic (exact) mass is 805 g/mol. The topological polar surface area (TPSA) is 112 Å². The molecule has 3 N–H and O–H groups in total. The van der Waals surface area contributed by atoms with Gasteiger partial charge in [-0.05, 0) is 83.3 Å². The molecule has 9 nitrogen and oxygen atoms in total. The van der Waals surface area contributed by atoms with Crippen LogP contribution in [0.5, 0.6) is 0 Å². The summed E-state index contributed by atoms with van der Waals surface area (Å²) in [5.41, 5.74) is 5.00. The summed E-state index contributed by atoms with van der Waals surface area (Å²) < 4.78 is 52.9. The van der Waals surface area contributed by atoms with Gasteiger partial charge in [0.1, 0.15) is 6.04 Å². The van der Waals surface area contributed by atoms with Crippen molar-refractivity contribution in [2.45, 2.75) is 82.1 Å². The standard InChI is InChI=1S/C44H47ClF3N3O6/c1-28-38(26-50-21-18-43(55,19-22-50)35-14-16-36(45)17-15-35)56-41(57-39(28)31-12-10-29(27-52)11-13-31)34-8-3-7-33(24-34)32-6-2-5-30(23-32)25-49-40(53)37-9-4-20-51(37)42(54)44(46,47)48/h2-3,5-8,10-17,23-24,28,37-39,41,52,55H,4,9,18-22,25-27H2,1H3,(H,49,53). The smallest absolute Gasteiger partial charge is 0.392 e. The number of likely N-dealkylation sites (tertiary alicyclic amines) is 2. The van der Waals surface area contributed by atoms with Crippen LogP contribution in [0.1, 0.15) is 72.8 Å². The molecule has 3 fully saturated rings. The van der Waals surface area contributed by atoms with Crippen LogP contribution in [0.25, 0.3) is 11.1 Å². The van der Waals surface area contributed by atoms with E-state index in [0.29, 0.717) is 48.8 Å². The average Bonchev–Trinajstić information content (AvgIpc) is 3.71. The molecule has 0 radical (unpaired) electrons. The Labute approximate surface area is 335 Å². The zero-order valence-corrected chi connectivity index (χ0v) is 32.4. The number of nitrogens with one attached hydrogen (secondary N) is 1. The second-order valence-corrected chi connectivity index (χ2v) is 15.8. The maximum Gasteiger partial charge on any atom is 0.471 e. The minimum Gasteiger partial charge on any atom is -0.392 e. The SMILES string of the molecule is CC1C(CN2CCC(O)(c3ccc(Cl)cc3)CC2)OC(c2cccc(-c3cccc(CNC(=O)C4CCCN4C(=O)C(F)(F)F)c3)c2)OC1c1ccc(CO)cc1. The van der Waals surface area contributed by atoms with Crippen molar-refractivity contribution in [3.05, 3.63) is 130 Å². The van der Waals surface area contributed by atoms with Crippen LogP contribution in [0.2, 0.25) is 5.02 Å². The minimum absolute atomic E-state index is 0.0312. The fourth-order valence-corrected chi connectivity index (χ4v) is 8.34. The Morgan fingerprint density at radius 3 is 2.25 bits per heavy atom. The third-order valence-electron chi connectivity index (χ3n) is 11.6. The van der Waals surface area contributed by atoms with Crippen molar-refractivity contribution in [1.82, 2.24) is 15.1 Å². The maximum atomic E-state index is 13.1. The Morgan fingerprint density at radius 2 is 1.56 bits per heavy atom. The Bertz CT molecular complexity index is 2020. The molecule has 0 spiro atoms. The summed E-state index contributed by atoms with van der Waals surface area (Å²) in [6.07, 6.45) is -4.63. The van der Waals surface area contributed by atoms with E-state index in [1.165, 1.54) is 0 Å². The molecule has 3 saturated heterocycles. The van der Waals surface area contributed by atoms with Gasteiger partial charge in [-0.3, -0.25) is 9.59 Å². The van der Waals surface area contributed by atoms with Crippen LogP contribution in [-0.4, -0.2) is 76.3 Å². The van der Waals surface area contributed by atoms with Crippen molar-refractivity contribution < 1.29 is 42.4 Å². The molecule has 0 bridgehead atoms. The van der Waals surface area contributed by atoms with E-state index in [9.17, 15) is 33.0 Å². The highest BCUT2D eigenvalue weighted by Crippen LogP contribution is 2.43. The fourth-order valence-electron chi connectivity index (χ4n) is 8.21. The van der Waals surface area contributed by atoms with Gasteiger partial charge in [-0.15, -0.1) is 0 Å². The highest BCUT2D eigenvalue weighted by molar-refractivity contribution is 6.30. The van der Waals surface area contributed by atoms with E-state index in [1.54, 1.807) is 12.1 Å². The van der Waals surface area contributed by atoms with Crippen LogP contribution in [-0.2, 0) is 37.8 Å². The minimum atomic E-state index is -5.04. The molecule has 0 aromatic heterocycles. The van der Waals surface area contributed by atoms with Crippen molar-refractivity contribution in [3.63, 3.8) is 0 Å². The normalized spacial score (nSPS) is 24.0. The highest BCUT2D eigenvalue weighted by Gasteiger charge is 2.48. The van der Waals surface area contributed by atoms with E-state index in [1.807, 2.05) is 84.9 Å². The first-order valence-corrected chi connectivity index (χ1v) is 19.8. The molecule has 3 aliphatic rings. The first kappa shape index (κ1) is 40.9. The molecule has 3 heterocycles. The number of nitrogens with zero attached hydrogens (tertiary/aromatic N) is 2. The summed E-state index contributed by atoms with van der Waals surface area (Å²) in [7, 11) is 0. The number of benzene rings is 4. The number of hydrogen-bond donors (Lipinski definition) is 3. The van der Waals surface area contributed by atoms with Crippen LogP contribution >= 0.6 is 11.6 Å². The first-order valence-electron chi connectivity index (χ1n) is 19.4. The summed E-state index contributed by atoms with van der Waals surface area (Å²) in [6, 6.07) is 29.4. The van der Waals surface area contributed by atoms with Gasteiger partial charge in [0.15, 0.2) is 6.29 Å². The van der Waals surface area contributed by atoms with Crippen molar-refractivity contribution in [1.29, 1.82) is 0 Å². The number of piperidine rings is 1. The number of ether oxygens (including phenoxy) is 2. The third kappa shape index (κ3) is 9.38. The quantitative estimate of drug-likeness (QED) is 0.153. The van der Waals surface area contributed by atoms with Crippen molar-refractivity contribution >= 4 is 23.4 Å². The number of hydrogen-bond acceptors (Lipinski definition) is 7. The number of aliphatic hydroxyl groups is 2. The number of rotatable bonds is 10. The lowest BCUT2D eigenvalue weighted by Gasteiger charge is -2.45. The Morgan fingerprint density at radius 1 is 0.877 bits per heavy atom. The number of halogens is 4. The van der Waals surface area contributed by atoms with Gasteiger partial charge in [-0.1, -0.05) is 91.3 Å². The molecular formula is C44H47ClF3N3O6. The van der Waals surface area contributed by atoms with Crippen molar-refractivity contribution in [2.75, 3.05) is 26.2 Å². The maximum absolute atomic E-state index is 13.1. The lowest BCUT2D eigenvalue weighted by molar-refractivity contribution is -0.277. The molecule has 57 heavy (non-hydrogen) atoms. The van der Waals surface area contributed by atoms with Crippen LogP contribution in [0.4, 0.5) is 13.2 Å². The zero-order valence-electron chi connectivity index (χ0n) is 31.6. The molecule has 0 saturated carbocycles. The summed E-state index contributed by atoms with van der Waals surface area (Å²) >= 11 is 6.10. The second-order valence-electron chi connectivity index (χ2n) is 15.4. The van der Waals surface area contributed by atoms with Gasteiger partial charge >= 0.3 is 12.1 Å². The number of aliphatic hydroxyl groups excluding tert-OH is 1. The number of amides is 2. The van der Waals surface area contributed by atoms with Gasteiger partial charge in [0.2, 0.25) is 5.91 Å². The predicted molar refractivity (Wildman–Crippen MR) is 209 cm³/mol. The molecule has 5 atom stereocenters. The lowest BCUT2D eigenvalue weighted by Crippen LogP contribution is -2.50. The summed E-state index contributed by atoms with van der Waals surface area (Å²) in [4.78, 5) is 27.8. The molecule has 3 aliphatic heterocycles. The van der Waals surface area contributed by atoms with Gasteiger partial charge < -0.3 is 34.8 Å². The molecule has 302 valence electrons.